The summed E-state index contributed by atoms with van der Waals surface area (Å²) in [4.78, 5) is 0. The van der Waals surface area contributed by atoms with Crippen molar-refractivity contribution in [1.82, 2.24) is 10.6 Å². The van der Waals surface area contributed by atoms with E-state index in [1.54, 1.807) is 0 Å². The van der Waals surface area contributed by atoms with Crippen molar-refractivity contribution < 1.29 is 0 Å². The van der Waals surface area contributed by atoms with E-state index in [9.17, 15) is 0 Å². The lowest BCUT2D eigenvalue weighted by atomic mass is 10.3. The molecule has 11 heavy (non-hydrogen) atoms. The normalized spacial score (nSPS) is 10.4. The van der Waals surface area contributed by atoms with Crippen molar-refractivity contribution in [3.8, 4) is 0 Å². The lowest BCUT2D eigenvalue weighted by Crippen LogP contribution is -2.34. The Hall–Kier alpha value is 0.452. The Morgan fingerprint density at radius 1 is 0.818 bits per heavy atom. The van der Waals surface area contributed by atoms with E-state index < -0.39 is 0 Å². The summed E-state index contributed by atoms with van der Waals surface area (Å²) in [5.74, 6) is 0. The molecule has 0 heterocycles. The zero-order chi connectivity index (χ0) is 7.98. The maximum atomic E-state index is 3.34. The van der Waals surface area contributed by atoms with Crippen molar-refractivity contribution >= 4 is 17.4 Å². The summed E-state index contributed by atoms with van der Waals surface area (Å²) >= 11 is 0. The second-order valence-corrected chi connectivity index (χ2v) is 3.22. The molecule has 0 atom stereocenters. The fourth-order valence-electron chi connectivity index (χ4n) is 0.722. The molecule has 0 fully saturated rings. The Labute approximate surface area is 81.3 Å². The van der Waals surface area contributed by atoms with E-state index in [1.165, 1.54) is 0 Å². The molecule has 3 heteroatoms. The monoisotopic (exact) mass is 171 g/mol. The Kier molecular flexibility index (Phi) is 10.9. The van der Waals surface area contributed by atoms with Crippen LogP contribution in [-0.4, -0.2) is 42.5 Å². The first-order chi connectivity index (χ1) is 4.63. The molecule has 0 spiro atoms. The average molecular weight is 171 g/mol. The van der Waals surface area contributed by atoms with E-state index in [0.717, 1.165) is 13.1 Å². The minimum atomic E-state index is 0. The first-order valence-corrected chi connectivity index (χ1v) is 4.09. The minimum absolute atomic E-state index is 0. The fraction of sp³-hybridized carbons (Fsp3) is 1.00. The van der Waals surface area contributed by atoms with Crippen LogP contribution in [0.1, 0.15) is 27.7 Å². The van der Waals surface area contributed by atoms with Gasteiger partial charge in [0.1, 0.15) is 0 Å². The van der Waals surface area contributed by atoms with E-state index >= 15 is 0 Å². The third-order valence-corrected chi connectivity index (χ3v) is 1.23. The van der Waals surface area contributed by atoms with Crippen LogP contribution in [0.4, 0.5) is 0 Å². The van der Waals surface area contributed by atoms with Gasteiger partial charge in [-0.25, -0.2) is 0 Å². The summed E-state index contributed by atoms with van der Waals surface area (Å²) in [6, 6.07) is 1.21. The van der Waals surface area contributed by atoms with Crippen molar-refractivity contribution in [3.05, 3.63) is 0 Å². The largest absolute Gasteiger partial charge is 0.313 e. The van der Waals surface area contributed by atoms with Crippen molar-refractivity contribution in [3.63, 3.8) is 0 Å². The highest BCUT2D eigenvalue weighted by Gasteiger charge is 1.92. The van der Waals surface area contributed by atoms with E-state index in [-0.39, 0.29) is 17.4 Å². The SMILES string of the molecule is CC(C)NCCNC(C)C.[Al]. The number of nitrogens with one attached hydrogen (secondary N) is 2. The maximum Gasteiger partial charge on any atom is 0.00791 e. The highest BCUT2D eigenvalue weighted by molar-refractivity contribution is 5.75. The van der Waals surface area contributed by atoms with E-state index in [1.807, 2.05) is 0 Å². The first-order valence-electron chi connectivity index (χ1n) is 4.09. The molecule has 0 aromatic carbocycles. The van der Waals surface area contributed by atoms with E-state index in [4.69, 9.17) is 0 Å². The number of hydrogen-bond donors (Lipinski definition) is 2. The van der Waals surface area contributed by atoms with Gasteiger partial charge in [0.05, 0.1) is 0 Å². The van der Waals surface area contributed by atoms with E-state index in [0.29, 0.717) is 12.1 Å². The summed E-state index contributed by atoms with van der Waals surface area (Å²) in [6.07, 6.45) is 0. The Bertz CT molecular complexity index is 64.5. The smallest absolute Gasteiger partial charge is 0.00791 e. The van der Waals surface area contributed by atoms with Crippen LogP contribution in [0.2, 0.25) is 0 Å². The molecule has 0 aromatic rings. The second-order valence-electron chi connectivity index (χ2n) is 3.22. The molecule has 0 bridgehead atoms. The van der Waals surface area contributed by atoms with Crippen LogP contribution in [-0.2, 0) is 0 Å². The number of rotatable bonds is 5. The third-order valence-electron chi connectivity index (χ3n) is 1.23. The van der Waals surface area contributed by atoms with Gasteiger partial charge >= 0.3 is 0 Å². The van der Waals surface area contributed by atoms with Gasteiger partial charge < -0.3 is 10.6 Å². The molecule has 0 aliphatic rings. The zero-order valence-electron chi connectivity index (χ0n) is 8.15. The summed E-state index contributed by atoms with van der Waals surface area (Å²) in [5, 5.41) is 6.68. The molecule has 0 saturated carbocycles. The molecule has 0 aliphatic carbocycles. The van der Waals surface area contributed by atoms with Crippen molar-refractivity contribution in [1.29, 1.82) is 0 Å². The van der Waals surface area contributed by atoms with Gasteiger partial charge in [0.15, 0.2) is 0 Å². The molecule has 65 valence electrons. The van der Waals surface area contributed by atoms with Crippen LogP contribution in [0, 0.1) is 0 Å². The zero-order valence-corrected chi connectivity index (χ0v) is 9.30. The van der Waals surface area contributed by atoms with Crippen molar-refractivity contribution in [2.75, 3.05) is 13.1 Å². The van der Waals surface area contributed by atoms with Crippen LogP contribution in [0.5, 0.6) is 0 Å². The molecule has 0 saturated heterocycles. The number of hydrogen-bond acceptors (Lipinski definition) is 2. The van der Waals surface area contributed by atoms with Gasteiger partial charge in [0, 0.05) is 42.5 Å². The van der Waals surface area contributed by atoms with Crippen LogP contribution >= 0.6 is 0 Å². The van der Waals surface area contributed by atoms with Gasteiger partial charge in [0.2, 0.25) is 0 Å². The Morgan fingerprint density at radius 2 is 1.09 bits per heavy atom. The van der Waals surface area contributed by atoms with E-state index in [2.05, 4.69) is 38.3 Å². The van der Waals surface area contributed by atoms with Gasteiger partial charge in [-0.2, -0.15) is 0 Å². The lowest BCUT2D eigenvalue weighted by molar-refractivity contribution is 0.525. The van der Waals surface area contributed by atoms with Gasteiger partial charge in [-0.05, 0) is 0 Å². The first kappa shape index (κ1) is 14.0. The molecular weight excluding hydrogens is 151 g/mol. The van der Waals surface area contributed by atoms with Gasteiger partial charge in [-0.3, -0.25) is 0 Å². The quantitative estimate of drug-likeness (QED) is 0.467. The highest BCUT2D eigenvalue weighted by atomic mass is 27.0. The van der Waals surface area contributed by atoms with Crippen LogP contribution in [0.3, 0.4) is 0 Å². The summed E-state index contributed by atoms with van der Waals surface area (Å²) in [5.41, 5.74) is 0. The third kappa shape index (κ3) is 13.4. The minimum Gasteiger partial charge on any atom is -0.313 e. The molecule has 2 nitrogen and oxygen atoms in total. The van der Waals surface area contributed by atoms with Gasteiger partial charge in [-0.1, -0.05) is 27.7 Å². The summed E-state index contributed by atoms with van der Waals surface area (Å²) in [7, 11) is 0. The molecule has 0 rings (SSSR count). The predicted molar refractivity (Wildman–Crippen MR) is 52.0 cm³/mol. The average Bonchev–Trinajstić information content (AvgIpc) is 1.79. The van der Waals surface area contributed by atoms with Crippen LogP contribution in [0.15, 0.2) is 0 Å². The molecular formula is C8H20AlN2. The summed E-state index contributed by atoms with van der Waals surface area (Å²) < 4.78 is 0. The van der Waals surface area contributed by atoms with Gasteiger partial charge in [0.25, 0.3) is 0 Å². The Balaban J connectivity index is 0. The van der Waals surface area contributed by atoms with Gasteiger partial charge in [-0.15, -0.1) is 0 Å². The standard InChI is InChI=1S/C8H20N2.Al/c1-7(2)9-5-6-10-8(3)4;/h7-10H,5-6H2,1-4H3;. The lowest BCUT2D eigenvalue weighted by Gasteiger charge is -2.10. The van der Waals surface area contributed by atoms with Crippen molar-refractivity contribution in [2.24, 2.45) is 0 Å². The molecule has 0 unspecified atom stereocenters. The van der Waals surface area contributed by atoms with Crippen molar-refractivity contribution in [2.45, 2.75) is 39.8 Å². The molecule has 0 aliphatic heterocycles. The van der Waals surface area contributed by atoms with Crippen LogP contribution in [0.25, 0.3) is 0 Å². The molecule has 2 N–H and O–H groups in total. The topological polar surface area (TPSA) is 24.1 Å². The van der Waals surface area contributed by atoms with Crippen LogP contribution < -0.4 is 10.6 Å². The Morgan fingerprint density at radius 3 is 1.27 bits per heavy atom. The second kappa shape index (κ2) is 8.55. The fourth-order valence-corrected chi connectivity index (χ4v) is 0.722. The maximum absolute atomic E-state index is 3.34. The summed E-state index contributed by atoms with van der Waals surface area (Å²) in [6.45, 7) is 10.8. The predicted octanol–water partition coefficient (Wildman–Crippen LogP) is 0.602. The molecule has 3 radical (unpaired) electrons. The highest BCUT2D eigenvalue weighted by Crippen LogP contribution is 1.76. The molecule has 0 aromatic heterocycles. The molecule has 0 amide bonds.